The highest BCUT2D eigenvalue weighted by molar-refractivity contribution is 7.94. The van der Waals surface area contributed by atoms with Crippen LogP contribution in [-0.4, -0.2) is 49.2 Å². The average Bonchev–Trinajstić information content (AvgIpc) is 2.86. The summed E-state index contributed by atoms with van der Waals surface area (Å²) in [6, 6.07) is 19.2. The van der Waals surface area contributed by atoms with E-state index in [0.717, 1.165) is 11.1 Å². The van der Waals surface area contributed by atoms with Gasteiger partial charge in [0.1, 0.15) is 5.25 Å². The number of carbonyl (C=O) groups is 2. The molecule has 0 amide bonds. The Labute approximate surface area is 223 Å². The number of halogens is 1. The van der Waals surface area contributed by atoms with Crippen LogP contribution in [0.25, 0.3) is 0 Å². The Hall–Kier alpha value is -3.00. The van der Waals surface area contributed by atoms with Gasteiger partial charge in [0.15, 0.2) is 20.9 Å². The van der Waals surface area contributed by atoms with Crippen molar-refractivity contribution in [1.29, 1.82) is 0 Å². The third kappa shape index (κ3) is 4.96. The van der Waals surface area contributed by atoms with Crippen LogP contribution in [0.15, 0.2) is 72.8 Å². The number of ketones is 1. The summed E-state index contributed by atoms with van der Waals surface area (Å²) in [6.45, 7) is 5.42. The van der Waals surface area contributed by atoms with Gasteiger partial charge in [0, 0.05) is 10.6 Å². The Balaban J connectivity index is 2.00. The maximum atomic E-state index is 14.5. The van der Waals surface area contributed by atoms with Gasteiger partial charge in [-0.15, -0.1) is 0 Å². The van der Waals surface area contributed by atoms with Gasteiger partial charge in [-0.2, -0.15) is 0 Å². The predicted octanol–water partition coefficient (Wildman–Crippen LogP) is 5.28. The van der Waals surface area contributed by atoms with Crippen molar-refractivity contribution in [3.63, 3.8) is 0 Å². The van der Waals surface area contributed by atoms with E-state index in [2.05, 4.69) is 0 Å². The molecule has 4 rings (SSSR count). The second-order valence-corrected chi connectivity index (χ2v) is 12.0. The van der Waals surface area contributed by atoms with Crippen LogP contribution >= 0.6 is 11.6 Å². The zero-order chi connectivity index (χ0) is 26.9. The van der Waals surface area contributed by atoms with Crippen molar-refractivity contribution in [3.8, 4) is 0 Å². The Kier molecular flexibility index (Phi) is 7.88. The maximum absolute atomic E-state index is 14.5. The lowest BCUT2D eigenvalue weighted by atomic mass is 9.89. The second kappa shape index (κ2) is 10.8. The lowest BCUT2D eigenvalue weighted by Gasteiger charge is -2.47. The van der Waals surface area contributed by atoms with Crippen molar-refractivity contribution in [3.05, 3.63) is 106 Å². The molecule has 1 fully saturated rings. The molecule has 0 saturated carbocycles. The molecule has 3 aromatic rings. The Morgan fingerprint density at radius 1 is 0.838 bits per heavy atom. The van der Waals surface area contributed by atoms with Crippen LogP contribution in [0, 0.1) is 13.8 Å². The number of rotatable bonds is 6. The molecule has 0 N–H and O–H groups in total. The highest BCUT2D eigenvalue weighted by atomic mass is 35.5. The first-order chi connectivity index (χ1) is 17.6. The molecule has 3 aromatic carbocycles. The molecular formula is C29H30ClNO5S. The molecule has 8 heteroatoms. The summed E-state index contributed by atoms with van der Waals surface area (Å²) in [7, 11) is -2.63. The van der Waals surface area contributed by atoms with Gasteiger partial charge in [-0.3, -0.25) is 14.5 Å². The van der Waals surface area contributed by atoms with Crippen molar-refractivity contribution in [2.45, 2.75) is 43.4 Å². The van der Waals surface area contributed by atoms with E-state index in [9.17, 15) is 18.0 Å². The van der Waals surface area contributed by atoms with Crippen LogP contribution in [0.5, 0.6) is 0 Å². The van der Waals surface area contributed by atoms with Crippen LogP contribution < -0.4 is 0 Å². The van der Waals surface area contributed by atoms with Crippen molar-refractivity contribution in [2.75, 3.05) is 13.7 Å². The van der Waals surface area contributed by atoms with Gasteiger partial charge in [0.2, 0.25) is 0 Å². The molecule has 37 heavy (non-hydrogen) atoms. The van der Waals surface area contributed by atoms with Gasteiger partial charge in [-0.25, -0.2) is 8.42 Å². The lowest BCUT2D eigenvalue weighted by molar-refractivity contribution is -0.144. The second-order valence-electron chi connectivity index (χ2n) is 9.32. The van der Waals surface area contributed by atoms with Crippen LogP contribution in [-0.2, 0) is 19.4 Å². The molecule has 0 spiro atoms. The van der Waals surface area contributed by atoms with Gasteiger partial charge in [-0.05, 0) is 74.3 Å². The molecule has 6 nitrogen and oxygen atoms in total. The highest BCUT2D eigenvalue weighted by Gasteiger charge is 2.59. The van der Waals surface area contributed by atoms with E-state index in [1.165, 1.54) is 12.1 Å². The lowest BCUT2D eigenvalue weighted by Crippen LogP contribution is -2.59. The topological polar surface area (TPSA) is 80.8 Å². The summed E-state index contributed by atoms with van der Waals surface area (Å²) in [5, 5.41) is -2.69. The Bertz CT molecular complexity index is 1420. The van der Waals surface area contributed by atoms with Gasteiger partial charge in [0.05, 0.1) is 18.7 Å². The molecule has 0 radical (unpaired) electrons. The van der Waals surface area contributed by atoms with Crippen LogP contribution in [0.3, 0.4) is 0 Å². The fourth-order valence-corrected chi connectivity index (χ4v) is 7.89. The van der Waals surface area contributed by atoms with Crippen molar-refractivity contribution >= 4 is 33.2 Å². The summed E-state index contributed by atoms with van der Waals surface area (Å²) in [4.78, 5) is 29.2. The number of hydrogen-bond acceptors (Lipinski definition) is 6. The SMILES string of the molecule is CCOC(=O)C1C(c2ccccc2C)N(C)C(c2ccccc2C)C(C(=O)c2ccc(Cl)cc2)S1(=O)=O. The summed E-state index contributed by atoms with van der Waals surface area (Å²) >= 11 is 6.03. The summed E-state index contributed by atoms with van der Waals surface area (Å²) in [5.74, 6) is -1.45. The number of nitrogens with zero attached hydrogens (tertiary/aromatic N) is 1. The molecule has 1 aliphatic rings. The minimum Gasteiger partial charge on any atom is -0.465 e. The van der Waals surface area contributed by atoms with Crippen molar-refractivity contribution in [1.82, 2.24) is 4.90 Å². The van der Waals surface area contributed by atoms with E-state index in [1.54, 1.807) is 26.1 Å². The predicted molar refractivity (Wildman–Crippen MR) is 145 cm³/mol. The normalized spacial score (nSPS) is 23.4. The van der Waals surface area contributed by atoms with Gasteiger partial charge >= 0.3 is 5.97 Å². The van der Waals surface area contributed by atoms with Crippen molar-refractivity contribution < 1.29 is 22.7 Å². The number of hydrogen-bond donors (Lipinski definition) is 0. The van der Waals surface area contributed by atoms with E-state index >= 15 is 0 Å². The monoisotopic (exact) mass is 539 g/mol. The maximum Gasteiger partial charge on any atom is 0.326 e. The Morgan fingerprint density at radius 2 is 1.32 bits per heavy atom. The minimum atomic E-state index is -4.40. The van der Waals surface area contributed by atoms with Crippen molar-refractivity contribution in [2.24, 2.45) is 0 Å². The molecule has 1 heterocycles. The first kappa shape index (κ1) is 27.0. The summed E-state index contributed by atoms with van der Waals surface area (Å²) in [5.41, 5.74) is 3.31. The summed E-state index contributed by atoms with van der Waals surface area (Å²) < 4.78 is 34.2. The average molecular weight is 540 g/mol. The highest BCUT2D eigenvalue weighted by Crippen LogP contribution is 2.47. The van der Waals surface area contributed by atoms with E-state index in [0.29, 0.717) is 16.1 Å². The largest absolute Gasteiger partial charge is 0.465 e. The van der Waals surface area contributed by atoms with Crippen LogP contribution in [0.4, 0.5) is 0 Å². The third-order valence-corrected chi connectivity index (χ3v) is 9.67. The molecule has 0 aromatic heterocycles. The van der Waals surface area contributed by atoms with E-state index in [-0.39, 0.29) is 12.2 Å². The number of esters is 1. The Morgan fingerprint density at radius 3 is 1.81 bits per heavy atom. The van der Waals surface area contributed by atoms with Gasteiger partial charge in [0.25, 0.3) is 0 Å². The van der Waals surface area contributed by atoms with Gasteiger partial charge in [-0.1, -0.05) is 60.1 Å². The first-order valence-electron chi connectivity index (χ1n) is 12.1. The number of benzene rings is 3. The van der Waals surface area contributed by atoms with E-state index in [4.69, 9.17) is 16.3 Å². The van der Waals surface area contributed by atoms with Gasteiger partial charge < -0.3 is 4.74 Å². The number of ether oxygens (including phenoxy) is 1. The zero-order valence-corrected chi connectivity index (χ0v) is 22.8. The molecule has 1 aliphatic heterocycles. The van der Waals surface area contributed by atoms with E-state index in [1.807, 2.05) is 67.3 Å². The fraction of sp³-hybridized carbons (Fsp3) is 0.310. The molecular weight excluding hydrogens is 510 g/mol. The minimum absolute atomic E-state index is 0.0199. The third-order valence-electron chi connectivity index (χ3n) is 7.08. The number of carbonyl (C=O) groups excluding carboxylic acids is 2. The molecule has 4 atom stereocenters. The van der Waals surface area contributed by atoms with E-state index < -0.39 is 44.2 Å². The number of Topliss-reactive ketones (excluding diaryl/α,β-unsaturated/α-hetero) is 1. The molecule has 194 valence electrons. The molecule has 0 bridgehead atoms. The quantitative estimate of drug-likeness (QED) is 0.313. The molecule has 0 aliphatic carbocycles. The van der Waals surface area contributed by atoms with Crippen LogP contribution in [0.2, 0.25) is 5.02 Å². The number of aryl methyl sites for hydroxylation is 2. The standard InChI is InChI=1S/C29H30ClNO5S/c1-5-36-29(33)28-25(23-13-9-7-11-19(23)3)31(4)24(22-12-8-6-10-18(22)2)27(37(28,34)35)26(32)20-14-16-21(30)17-15-20/h6-17,24-25,27-28H,5H2,1-4H3. The van der Waals surface area contributed by atoms with Crippen LogP contribution in [0.1, 0.15) is 51.6 Å². The fourth-order valence-electron chi connectivity index (χ4n) is 5.28. The first-order valence-corrected chi connectivity index (χ1v) is 14.1. The zero-order valence-electron chi connectivity index (χ0n) is 21.2. The smallest absolute Gasteiger partial charge is 0.326 e. The molecule has 4 unspecified atom stereocenters. The summed E-state index contributed by atoms with van der Waals surface area (Å²) in [6.07, 6.45) is 0. The number of sulfone groups is 1. The molecule has 1 saturated heterocycles.